The molecule has 0 saturated heterocycles. The van der Waals surface area contributed by atoms with E-state index in [1.165, 1.54) is 0 Å². The Morgan fingerprint density at radius 2 is 1.68 bits per heavy atom. The van der Waals surface area contributed by atoms with Crippen molar-refractivity contribution in [2.24, 2.45) is 0 Å². The van der Waals surface area contributed by atoms with Crippen molar-refractivity contribution in [3.8, 4) is 0 Å². The number of nitrogens with one attached hydrogen (secondary N) is 3. The number of carbonyl (C=O) groups excluding carboxylic acids is 1. The predicted octanol–water partition coefficient (Wildman–Crippen LogP) is 2.27. The predicted molar refractivity (Wildman–Crippen MR) is 96.9 cm³/mol. The first kappa shape index (κ1) is 17.2. The number of carbonyl (C=O) groups is 1. The highest BCUT2D eigenvalue weighted by Gasteiger charge is 2.12. The summed E-state index contributed by atoms with van der Waals surface area (Å²) in [5.74, 6) is -0.206. The van der Waals surface area contributed by atoms with Crippen LogP contribution in [0.3, 0.4) is 0 Å². The Balaban J connectivity index is 1.46. The maximum Gasteiger partial charge on any atom is 0.267 e. The molecule has 1 amide bonds. The zero-order valence-electron chi connectivity index (χ0n) is 13.5. The van der Waals surface area contributed by atoms with Crippen LogP contribution in [0.5, 0.6) is 0 Å². The fraction of sp³-hybridized carbons (Fsp3) is 0.167. The zero-order chi connectivity index (χ0) is 17.7. The highest BCUT2D eigenvalue weighted by Crippen LogP contribution is 2.14. The van der Waals surface area contributed by atoms with E-state index in [9.17, 15) is 13.2 Å². The lowest BCUT2D eigenvalue weighted by Gasteiger charge is -2.07. The van der Waals surface area contributed by atoms with Crippen LogP contribution >= 0.6 is 0 Å². The summed E-state index contributed by atoms with van der Waals surface area (Å²) in [5.41, 5.74) is 1.40. The molecule has 0 aliphatic carbocycles. The van der Waals surface area contributed by atoms with Crippen LogP contribution < -0.4 is 10.0 Å². The van der Waals surface area contributed by atoms with Gasteiger partial charge in [0.15, 0.2) is 0 Å². The molecule has 0 aliphatic heterocycles. The molecule has 3 aromatic rings. The molecule has 7 heteroatoms. The minimum atomic E-state index is -3.50. The van der Waals surface area contributed by atoms with Crippen LogP contribution in [0.2, 0.25) is 0 Å². The van der Waals surface area contributed by atoms with E-state index < -0.39 is 10.0 Å². The number of sulfonamides is 1. The Labute approximate surface area is 146 Å². The van der Waals surface area contributed by atoms with Gasteiger partial charge in [-0.2, -0.15) is 0 Å². The third kappa shape index (κ3) is 4.26. The Morgan fingerprint density at radius 3 is 2.44 bits per heavy atom. The number of H-pyrrole nitrogens is 1. The van der Waals surface area contributed by atoms with E-state index in [0.717, 1.165) is 10.9 Å². The zero-order valence-corrected chi connectivity index (χ0v) is 14.3. The molecule has 2 aromatic carbocycles. The molecule has 3 rings (SSSR count). The average Bonchev–Trinajstić information content (AvgIpc) is 3.06. The van der Waals surface area contributed by atoms with Crippen LogP contribution in [0.25, 0.3) is 10.9 Å². The van der Waals surface area contributed by atoms with Crippen LogP contribution in [0.15, 0.2) is 65.6 Å². The molecule has 6 nitrogen and oxygen atoms in total. The molecule has 0 aliphatic rings. The number of amides is 1. The van der Waals surface area contributed by atoms with Crippen molar-refractivity contribution in [3.05, 3.63) is 66.4 Å². The van der Waals surface area contributed by atoms with Gasteiger partial charge in [0.05, 0.1) is 4.90 Å². The van der Waals surface area contributed by atoms with Gasteiger partial charge in [0.1, 0.15) is 5.69 Å². The Morgan fingerprint density at radius 1 is 0.960 bits per heavy atom. The molecule has 0 spiro atoms. The van der Waals surface area contributed by atoms with Gasteiger partial charge in [-0.3, -0.25) is 4.79 Å². The summed E-state index contributed by atoms with van der Waals surface area (Å²) in [6.45, 7) is 0.635. The van der Waals surface area contributed by atoms with Gasteiger partial charge in [-0.1, -0.05) is 36.4 Å². The largest absolute Gasteiger partial charge is 0.351 e. The van der Waals surface area contributed by atoms with Gasteiger partial charge in [-0.05, 0) is 30.7 Å². The average molecular weight is 357 g/mol. The van der Waals surface area contributed by atoms with Gasteiger partial charge < -0.3 is 10.3 Å². The quantitative estimate of drug-likeness (QED) is 0.567. The van der Waals surface area contributed by atoms with Crippen LogP contribution in [-0.2, 0) is 10.0 Å². The molecule has 3 N–H and O–H groups in total. The molecule has 0 atom stereocenters. The van der Waals surface area contributed by atoms with Gasteiger partial charge in [-0.15, -0.1) is 0 Å². The van der Waals surface area contributed by atoms with E-state index in [2.05, 4.69) is 15.0 Å². The third-order valence-corrected chi connectivity index (χ3v) is 5.24. The molecule has 1 heterocycles. The summed E-state index contributed by atoms with van der Waals surface area (Å²) >= 11 is 0. The van der Waals surface area contributed by atoms with E-state index >= 15 is 0 Å². The van der Waals surface area contributed by atoms with Crippen molar-refractivity contribution in [1.82, 2.24) is 15.0 Å². The third-order valence-electron chi connectivity index (χ3n) is 3.76. The minimum absolute atomic E-state index is 0.206. The Hall–Kier alpha value is -2.64. The number of aromatic nitrogens is 1. The Bertz CT molecular complexity index is 932. The van der Waals surface area contributed by atoms with E-state index in [-0.39, 0.29) is 17.3 Å². The van der Waals surface area contributed by atoms with Crippen LogP contribution in [0, 0.1) is 0 Å². The topological polar surface area (TPSA) is 91.1 Å². The molecular formula is C18H19N3O3S. The van der Waals surface area contributed by atoms with Crippen molar-refractivity contribution >= 4 is 26.8 Å². The maximum absolute atomic E-state index is 12.1. The molecular weight excluding hydrogens is 338 g/mol. The summed E-state index contributed by atoms with van der Waals surface area (Å²) < 4.78 is 26.6. The highest BCUT2D eigenvalue weighted by atomic mass is 32.2. The van der Waals surface area contributed by atoms with Gasteiger partial charge in [-0.25, -0.2) is 13.1 Å². The van der Waals surface area contributed by atoms with E-state index in [1.807, 2.05) is 24.3 Å². The molecule has 1 aromatic heterocycles. The first-order valence-corrected chi connectivity index (χ1v) is 9.45. The van der Waals surface area contributed by atoms with Gasteiger partial charge in [0.2, 0.25) is 10.0 Å². The van der Waals surface area contributed by atoms with Crippen molar-refractivity contribution in [1.29, 1.82) is 0 Å². The van der Waals surface area contributed by atoms with Crippen LogP contribution in [0.4, 0.5) is 0 Å². The summed E-state index contributed by atoms with van der Waals surface area (Å²) in [5, 5.41) is 3.76. The second-order valence-electron chi connectivity index (χ2n) is 5.59. The molecule has 25 heavy (non-hydrogen) atoms. The van der Waals surface area contributed by atoms with Gasteiger partial charge in [0, 0.05) is 24.0 Å². The number of aromatic amines is 1. The SMILES string of the molecule is O=C(NCCCNS(=O)(=O)c1ccccc1)c1cc2ccccc2[nH]1. The van der Waals surface area contributed by atoms with Gasteiger partial charge >= 0.3 is 0 Å². The number of hydrogen-bond donors (Lipinski definition) is 3. The van der Waals surface area contributed by atoms with Crippen LogP contribution in [-0.4, -0.2) is 32.4 Å². The van der Waals surface area contributed by atoms with Crippen molar-refractivity contribution in [3.63, 3.8) is 0 Å². The second kappa shape index (κ2) is 7.50. The fourth-order valence-electron chi connectivity index (χ4n) is 2.47. The maximum atomic E-state index is 12.1. The van der Waals surface area contributed by atoms with E-state index in [4.69, 9.17) is 0 Å². The lowest BCUT2D eigenvalue weighted by Crippen LogP contribution is -2.30. The van der Waals surface area contributed by atoms with Crippen molar-refractivity contribution in [2.45, 2.75) is 11.3 Å². The number of fused-ring (bicyclic) bond motifs is 1. The highest BCUT2D eigenvalue weighted by molar-refractivity contribution is 7.89. The van der Waals surface area contributed by atoms with Crippen LogP contribution in [0.1, 0.15) is 16.9 Å². The first-order chi connectivity index (χ1) is 12.1. The Kier molecular flexibility index (Phi) is 5.16. The number of para-hydroxylation sites is 1. The smallest absolute Gasteiger partial charge is 0.267 e. The molecule has 0 bridgehead atoms. The van der Waals surface area contributed by atoms with Crippen molar-refractivity contribution in [2.75, 3.05) is 13.1 Å². The number of benzene rings is 2. The minimum Gasteiger partial charge on any atom is -0.351 e. The monoisotopic (exact) mass is 357 g/mol. The summed E-state index contributed by atoms with van der Waals surface area (Å²) in [7, 11) is -3.50. The number of rotatable bonds is 7. The van der Waals surface area contributed by atoms with E-state index in [1.54, 1.807) is 36.4 Å². The summed E-state index contributed by atoms with van der Waals surface area (Å²) in [6, 6.07) is 17.6. The normalized spacial score (nSPS) is 11.5. The van der Waals surface area contributed by atoms with Gasteiger partial charge in [0.25, 0.3) is 5.91 Å². The fourth-order valence-corrected chi connectivity index (χ4v) is 3.57. The standard InChI is InChI=1S/C18H19N3O3S/c22-18(17-13-14-7-4-5-10-16(14)21-17)19-11-6-12-20-25(23,24)15-8-2-1-3-9-15/h1-5,7-10,13,20-21H,6,11-12H2,(H,19,22). The van der Waals surface area contributed by atoms with Crippen molar-refractivity contribution < 1.29 is 13.2 Å². The molecule has 130 valence electrons. The molecule has 0 fully saturated rings. The second-order valence-corrected chi connectivity index (χ2v) is 7.36. The lowest BCUT2D eigenvalue weighted by atomic mass is 10.2. The number of hydrogen-bond acceptors (Lipinski definition) is 3. The first-order valence-electron chi connectivity index (χ1n) is 7.97. The summed E-state index contributed by atoms with van der Waals surface area (Å²) in [4.78, 5) is 15.4. The molecule has 0 radical (unpaired) electrons. The molecule has 0 unspecified atom stereocenters. The summed E-state index contributed by atoms with van der Waals surface area (Å²) in [6.07, 6.45) is 0.498. The molecule has 0 saturated carbocycles. The van der Waals surface area contributed by atoms with E-state index in [0.29, 0.717) is 18.7 Å². The lowest BCUT2D eigenvalue weighted by molar-refractivity contribution is 0.0949.